The Morgan fingerprint density at radius 2 is 0.693 bits per heavy atom. The number of benzene rings is 4. The molecule has 5 aliphatic rings. The summed E-state index contributed by atoms with van der Waals surface area (Å²) in [6.45, 7) is 6.36. The first-order valence-corrected chi connectivity index (χ1v) is 31.8. The summed E-state index contributed by atoms with van der Waals surface area (Å²) in [5.74, 6) is -31.3. The number of aryl methyl sites for hydroxylation is 2. The standard InChI is InChI=1S/2C27H18F6S2.HI.S.U.2V/c1-23-17(13-19(34-23)15-9-5-3-6-10-15)21-22(26(30,31)27(32,33)25(21,28)29)18-14-20(35-24(18,23)2)16-11-7-4-8-12-16;1-15-19(13-21(34-15)17-9-5-3-6-10-17)23-24(26(30,31)27(32,33)25(23,28)29)20-14-22(35-16(20)2)18-11-7-4-8-12-18;;;;;/h2*3-14H,1-2H3;1H;;;;/q;;;;;;+1/p-1. The molecule has 2 aliphatic heterocycles. The number of hydrogen-bond acceptors (Lipinski definition) is 5. The average molecular weight is 1540 g/mol. The van der Waals surface area contributed by atoms with Gasteiger partial charge in [0, 0.05) is 101 Å². The number of thioether (sulfide) groups is 2. The third-order valence-corrected chi connectivity index (χ3v) is 19.1. The maximum absolute atomic E-state index is 15.3. The first-order valence-electron chi connectivity index (χ1n) is 22.0. The zero-order valence-electron chi connectivity index (χ0n) is 39.2. The molecule has 0 saturated heterocycles. The van der Waals surface area contributed by atoms with Crippen molar-refractivity contribution in [1.29, 1.82) is 0 Å². The molecule has 3 aliphatic carbocycles. The van der Waals surface area contributed by atoms with Crippen LogP contribution in [-0.4, -0.2) is 45.0 Å². The summed E-state index contributed by atoms with van der Waals surface area (Å²) in [7, 11) is 4.47. The predicted molar refractivity (Wildman–Crippen MR) is 282 cm³/mol. The van der Waals surface area contributed by atoms with Gasteiger partial charge in [-0.1, -0.05) is 121 Å². The van der Waals surface area contributed by atoms with Gasteiger partial charge in [-0.3, -0.25) is 0 Å². The minimum absolute atomic E-state index is 0. The summed E-state index contributed by atoms with van der Waals surface area (Å²) in [5.41, 5.74) is -3.13. The third kappa shape index (κ3) is 9.47. The second-order valence-corrected chi connectivity index (χ2v) is 28.8. The van der Waals surface area contributed by atoms with E-state index in [1.807, 2.05) is 0 Å². The molecule has 11 rings (SSSR count). The average Bonchev–Trinajstić information content (AvgIpc) is 4.16. The van der Waals surface area contributed by atoms with Gasteiger partial charge in [0.05, 0.1) is 9.49 Å². The molecule has 1 fully saturated rings. The van der Waals surface area contributed by atoms with Gasteiger partial charge in [-0.2, -0.15) is 52.7 Å². The van der Waals surface area contributed by atoms with E-state index in [4.69, 9.17) is 0 Å². The Morgan fingerprint density at radius 3 is 0.973 bits per heavy atom. The van der Waals surface area contributed by atoms with E-state index in [0.29, 0.717) is 41.8 Å². The number of halogens is 13. The zero-order chi connectivity index (χ0) is 52.9. The Labute approximate surface area is 498 Å². The van der Waals surface area contributed by atoms with Crippen LogP contribution in [0.1, 0.15) is 45.9 Å². The Morgan fingerprint density at radius 1 is 0.440 bits per heavy atom. The summed E-state index contributed by atoms with van der Waals surface area (Å²) < 4.78 is 179. The van der Waals surface area contributed by atoms with Gasteiger partial charge in [-0.05, 0) is 96.5 Å². The molecule has 0 amide bonds. The van der Waals surface area contributed by atoms with Crippen LogP contribution in [-0.2, 0) is 29.7 Å². The summed E-state index contributed by atoms with van der Waals surface area (Å²) in [6, 6.07) is 38.0. The molecule has 0 N–H and O–H groups in total. The molecule has 387 valence electrons. The number of hydrogen-bond donors (Lipinski definition) is 0. The third-order valence-electron chi connectivity index (χ3n) is 13.6. The minimum Gasteiger partial charge on any atom is 0 e. The summed E-state index contributed by atoms with van der Waals surface area (Å²) in [4.78, 5) is 2.76. The van der Waals surface area contributed by atoms with Crippen molar-refractivity contribution in [2.45, 2.75) is 72.7 Å². The molecule has 75 heavy (non-hydrogen) atoms. The zero-order valence-corrected chi connectivity index (χ0v) is 52.4. The van der Waals surface area contributed by atoms with Crippen LogP contribution < -0.4 is 0 Å². The van der Waals surface area contributed by atoms with Gasteiger partial charge in [0.2, 0.25) is 0 Å². The Balaban J connectivity index is 0.000000203. The largest absolute Gasteiger partial charge is 0 e. The SMILES string of the molecule is CC12SC(c3ccccc3)=CC1=C1C(=C3C=C(c4ccccc4)SC32C)C(F)(F)C(F)(F)C1(F)F.Cc1sc(-c2ccccc2)cc1C1=C(c2cc(-c3ccccc3)sc2C)C(F)(F)C(F)(F)C1(F)F.[S]=[V][I].[U].[V]. The fraction of sp³-hybridized carbons (Fsp3) is 0.222. The fourth-order valence-corrected chi connectivity index (χ4v) is 15.0. The summed E-state index contributed by atoms with van der Waals surface area (Å²) in [5, 5.41) is 0. The van der Waals surface area contributed by atoms with Gasteiger partial charge >= 0.3 is 77.0 Å². The monoisotopic (exact) mass is 1540 g/mol. The Bertz CT molecular complexity index is 3130. The first kappa shape index (κ1) is 60.6. The topological polar surface area (TPSA) is 0 Å². The maximum Gasteiger partial charge on any atom is 0 e. The van der Waals surface area contributed by atoms with E-state index in [0.717, 1.165) is 22.7 Å². The Kier molecular flexibility index (Phi) is 17.6. The molecule has 21 heteroatoms. The summed E-state index contributed by atoms with van der Waals surface area (Å²) >= 11 is 7.17. The smallest absolute Gasteiger partial charge is 0 e. The van der Waals surface area contributed by atoms with Crippen molar-refractivity contribution in [2.75, 3.05) is 0 Å². The molecule has 4 aromatic carbocycles. The second kappa shape index (κ2) is 21.8. The van der Waals surface area contributed by atoms with Crippen molar-refractivity contribution in [2.24, 2.45) is 0 Å². The first-order chi connectivity index (χ1) is 34.2. The predicted octanol–water partition coefficient (Wildman–Crippen LogP) is 19.7. The van der Waals surface area contributed by atoms with E-state index in [-0.39, 0.29) is 92.9 Å². The number of alkyl halides is 12. The molecule has 1 radical (unpaired) electrons. The van der Waals surface area contributed by atoms with E-state index in [9.17, 15) is 17.6 Å². The fourth-order valence-electron chi connectivity index (χ4n) is 9.78. The van der Waals surface area contributed by atoms with E-state index in [2.05, 4.69) is 30.3 Å². The van der Waals surface area contributed by atoms with Gasteiger partial charge in [0.25, 0.3) is 0 Å². The molecule has 4 heterocycles. The van der Waals surface area contributed by atoms with Crippen molar-refractivity contribution in [1.82, 2.24) is 0 Å². The van der Waals surface area contributed by atoms with Gasteiger partial charge in [0.15, 0.2) is 0 Å². The van der Waals surface area contributed by atoms with Gasteiger partial charge < -0.3 is 0 Å². The molecule has 0 nitrogen and oxygen atoms in total. The molecule has 2 unspecified atom stereocenters. The molecule has 2 aromatic heterocycles. The van der Waals surface area contributed by atoms with Crippen molar-refractivity contribution in [3.8, 4) is 20.9 Å². The van der Waals surface area contributed by atoms with Crippen LogP contribution in [0.5, 0.6) is 0 Å². The van der Waals surface area contributed by atoms with Crippen molar-refractivity contribution in [3.63, 3.8) is 0 Å². The van der Waals surface area contributed by atoms with Crippen LogP contribution in [0.25, 0.3) is 41.8 Å². The second-order valence-electron chi connectivity index (χ2n) is 17.8. The molecular weight excluding hydrogens is 1500 g/mol. The Hall–Kier alpha value is -1.99. The van der Waals surface area contributed by atoms with Crippen LogP contribution in [0.15, 0.2) is 168 Å². The van der Waals surface area contributed by atoms with Crippen LogP contribution >= 0.6 is 76.5 Å². The van der Waals surface area contributed by atoms with E-state index >= 15 is 35.1 Å². The molecule has 0 spiro atoms. The normalized spacial score (nSPS) is 23.5. The van der Waals surface area contributed by atoms with E-state index in [1.54, 1.807) is 135 Å². The van der Waals surface area contributed by atoms with Crippen molar-refractivity contribution < 1.29 is 114 Å². The van der Waals surface area contributed by atoms with Gasteiger partial charge in [-0.15, -0.1) is 46.2 Å². The van der Waals surface area contributed by atoms with Gasteiger partial charge in [-0.25, -0.2) is 0 Å². The number of thiophene rings is 2. The quantitative estimate of drug-likeness (QED) is 0.120. The minimum atomic E-state index is -5.58. The van der Waals surface area contributed by atoms with Crippen LogP contribution in [0.2, 0.25) is 0 Å². The number of fused-ring (bicyclic) bond motifs is 4. The maximum atomic E-state index is 15.3. The molecule has 2 atom stereocenters. The van der Waals surface area contributed by atoms with Crippen LogP contribution in [0.3, 0.4) is 0 Å². The molecule has 6 aromatic rings. The van der Waals surface area contributed by atoms with Crippen molar-refractivity contribution in [3.05, 3.63) is 200 Å². The van der Waals surface area contributed by atoms with Crippen LogP contribution in [0.4, 0.5) is 52.7 Å². The van der Waals surface area contributed by atoms with Gasteiger partial charge in [0.1, 0.15) is 0 Å². The van der Waals surface area contributed by atoms with E-state index < -0.39 is 67.3 Å². The van der Waals surface area contributed by atoms with Crippen molar-refractivity contribution >= 4 is 97.4 Å². The number of allylic oxidation sites excluding steroid dienone is 6. The van der Waals surface area contributed by atoms with Crippen LogP contribution in [0, 0.1) is 45.0 Å². The molecular formula is C54H36F12IS5UV2. The molecule has 1 saturated carbocycles. The molecule has 0 bridgehead atoms. The summed E-state index contributed by atoms with van der Waals surface area (Å²) in [6.07, 6.45) is 2.81. The van der Waals surface area contributed by atoms with E-state index in [1.165, 1.54) is 61.7 Å². The number of rotatable bonds is 6.